The predicted molar refractivity (Wildman–Crippen MR) is 145 cm³/mol. The summed E-state index contributed by atoms with van der Waals surface area (Å²) in [5.41, 5.74) is 4.38. The van der Waals surface area contributed by atoms with E-state index in [1.54, 1.807) is 12.7 Å². The third-order valence-electron chi connectivity index (χ3n) is 7.31. The van der Waals surface area contributed by atoms with Crippen molar-refractivity contribution in [2.45, 2.75) is 38.0 Å². The lowest BCUT2D eigenvalue weighted by Gasteiger charge is -2.36. The lowest BCUT2D eigenvalue weighted by molar-refractivity contribution is 0.249. The van der Waals surface area contributed by atoms with Crippen molar-refractivity contribution in [3.63, 3.8) is 0 Å². The molecule has 1 saturated heterocycles. The van der Waals surface area contributed by atoms with Gasteiger partial charge in [0.2, 0.25) is 0 Å². The van der Waals surface area contributed by atoms with E-state index in [1.807, 2.05) is 0 Å². The first kappa shape index (κ1) is 25.7. The highest BCUT2D eigenvalue weighted by Gasteiger charge is 2.23. The van der Waals surface area contributed by atoms with Crippen LogP contribution in [-0.4, -0.2) is 44.7 Å². The van der Waals surface area contributed by atoms with Crippen molar-refractivity contribution in [3.05, 3.63) is 71.8 Å². The van der Waals surface area contributed by atoms with Gasteiger partial charge in [-0.05, 0) is 84.7 Å². The summed E-state index contributed by atoms with van der Waals surface area (Å²) in [5.74, 6) is 1.80. The van der Waals surface area contributed by atoms with Crippen LogP contribution in [0, 0.1) is 0 Å². The van der Waals surface area contributed by atoms with Crippen LogP contribution in [-0.2, 0) is 6.42 Å². The molecular weight excluding hydrogens is 451 g/mol. The second-order valence-electron chi connectivity index (χ2n) is 9.12. The number of halogens is 2. The number of nitrogens with zero attached hydrogens (tertiary/aromatic N) is 2. The number of methoxy groups -OCH3 is 1. The van der Waals surface area contributed by atoms with Gasteiger partial charge in [-0.1, -0.05) is 42.5 Å². The van der Waals surface area contributed by atoms with Crippen LogP contribution in [0.5, 0.6) is 5.75 Å². The maximum Gasteiger partial charge on any atom is 0.122 e. The van der Waals surface area contributed by atoms with Crippen LogP contribution in [0.1, 0.15) is 42.7 Å². The third-order valence-corrected chi connectivity index (χ3v) is 7.31. The van der Waals surface area contributed by atoms with E-state index in [9.17, 15) is 0 Å². The molecule has 0 aromatic heterocycles. The molecule has 33 heavy (non-hydrogen) atoms. The van der Waals surface area contributed by atoms with E-state index in [0.29, 0.717) is 5.92 Å². The van der Waals surface area contributed by atoms with Gasteiger partial charge in [0, 0.05) is 31.9 Å². The van der Waals surface area contributed by atoms with Crippen molar-refractivity contribution in [2.75, 3.05) is 44.7 Å². The van der Waals surface area contributed by atoms with Crippen LogP contribution in [0.2, 0.25) is 0 Å². The van der Waals surface area contributed by atoms with E-state index < -0.39 is 0 Å². The summed E-state index contributed by atoms with van der Waals surface area (Å²) in [5, 5.41) is 2.67. The van der Waals surface area contributed by atoms with Crippen molar-refractivity contribution in [3.8, 4) is 5.75 Å². The largest absolute Gasteiger partial charge is 0.496 e. The van der Waals surface area contributed by atoms with E-state index in [1.165, 1.54) is 73.8 Å². The fourth-order valence-corrected chi connectivity index (χ4v) is 5.57. The molecule has 1 heterocycles. The van der Waals surface area contributed by atoms with Gasteiger partial charge in [0.25, 0.3) is 0 Å². The molecule has 0 amide bonds. The Balaban J connectivity index is 0.00000153. The highest BCUT2D eigenvalue weighted by molar-refractivity contribution is 5.86. The Morgan fingerprint density at radius 2 is 1.67 bits per heavy atom. The van der Waals surface area contributed by atoms with E-state index in [2.05, 4.69) is 70.5 Å². The van der Waals surface area contributed by atoms with E-state index in [4.69, 9.17) is 4.74 Å². The molecule has 5 rings (SSSR count). The number of piperazine rings is 1. The molecular formula is C28H36Cl2N2O. The predicted octanol–water partition coefficient (Wildman–Crippen LogP) is 6.71. The zero-order valence-corrected chi connectivity index (χ0v) is 21.2. The number of hydrogen-bond donors (Lipinski definition) is 0. The topological polar surface area (TPSA) is 15.7 Å². The van der Waals surface area contributed by atoms with E-state index in [0.717, 1.165) is 18.8 Å². The second kappa shape index (κ2) is 12.0. The summed E-state index contributed by atoms with van der Waals surface area (Å²) in [7, 11) is 1.80. The molecule has 3 aromatic rings. The minimum atomic E-state index is 0. The molecule has 3 nitrogen and oxygen atoms in total. The first-order chi connectivity index (χ1) is 15.3. The summed E-state index contributed by atoms with van der Waals surface area (Å²) in [6, 6.07) is 22.2. The second-order valence-corrected chi connectivity index (χ2v) is 9.12. The zero-order valence-electron chi connectivity index (χ0n) is 19.5. The molecule has 0 bridgehead atoms. The van der Waals surface area contributed by atoms with Crippen molar-refractivity contribution >= 4 is 41.3 Å². The van der Waals surface area contributed by atoms with Gasteiger partial charge in [-0.15, -0.1) is 24.8 Å². The van der Waals surface area contributed by atoms with Crippen LogP contribution in [0.25, 0.3) is 10.8 Å². The molecule has 2 aliphatic rings. The first-order valence-electron chi connectivity index (χ1n) is 11.9. The van der Waals surface area contributed by atoms with Crippen LogP contribution in [0.4, 0.5) is 5.69 Å². The van der Waals surface area contributed by atoms with Crippen molar-refractivity contribution < 1.29 is 4.74 Å². The highest BCUT2D eigenvalue weighted by atomic mass is 35.5. The molecule has 0 radical (unpaired) electrons. The number of ether oxygens (including phenoxy) is 1. The molecule has 3 aromatic carbocycles. The molecule has 1 aliphatic heterocycles. The van der Waals surface area contributed by atoms with Gasteiger partial charge in [-0.3, -0.25) is 4.90 Å². The first-order valence-corrected chi connectivity index (χ1v) is 11.9. The van der Waals surface area contributed by atoms with Crippen molar-refractivity contribution in [1.29, 1.82) is 0 Å². The van der Waals surface area contributed by atoms with Crippen LogP contribution in [0.15, 0.2) is 60.7 Å². The molecule has 0 spiro atoms. The van der Waals surface area contributed by atoms with Gasteiger partial charge in [0.1, 0.15) is 5.75 Å². The van der Waals surface area contributed by atoms with Gasteiger partial charge < -0.3 is 9.64 Å². The molecule has 178 valence electrons. The van der Waals surface area contributed by atoms with Gasteiger partial charge >= 0.3 is 0 Å². The molecule has 1 unspecified atom stereocenters. The number of hydrogen-bond acceptors (Lipinski definition) is 3. The minimum Gasteiger partial charge on any atom is -0.496 e. The Morgan fingerprint density at radius 3 is 2.45 bits per heavy atom. The van der Waals surface area contributed by atoms with Crippen molar-refractivity contribution in [1.82, 2.24) is 4.90 Å². The molecule has 1 fully saturated rings. The Labute approximate surface area is 210 Å². The summed E-state index contributed by atoms with van der Waals surface area (Å²) in [4.78, 5) is 5.21. The zero-order chi connectivity index (χ0) is 21.0. The molecule has 0 N–H and O–H groups in total. The fourth-order valence-electron chi connectivity index (χ4n) is 5.57. The summed E-state index contributed by atoms with van der Waals surface area (Å²) < 4.78 is 5.62. The SMILES string of the molecule is COc1cccc2c1CCCC2CCCN1CCN(c2ccc3ccccc3c2)CC1.Cl.Cl. The van der Waals surface area contributed by atoms with Gasteiger partial charge in [-0.25, -0.2) is 0 Å². The Bertz CT molecular complexity index is 1030. The summed E-state index contributed by atoms with van der Waals surface area (Å²) >= 11 is 0. The number of benzene rings is 3. The van der Waals surface area contributed by atoms with Gasteiger partial charge in [-0.2, -0.15) is 0 Å². The molecule has 1 aliphatic carbocycles. The highest BCUT2D eigenvalue weighted by Crippen LogP contribution is 2.38. The van der Waals surface area contributed by atoms with Crippen molar-refractivity contribution in [2.24, 2.45) is 0 Å². The monoisotopic (exact) mass is 486 g/mol. The Morgan fingerprint density at radius 1 is 0.879 bits per heavy atom. The quantitative estimate of drug-likeness (QED) is 0.384. The molecule has 1 atom stereocenters. The standard InChI is InChI=1S/C28H34N2O.2ClH/c1-31-28-13-5-11-26-23(9-4-12-27(26)28)10-6-16-29-17-19-30(20-18-29)25-15-14-22-7-2-3-8-24(22)21-25;;/h2-3,5,7-8,11,13-15,21,23H,4,6,9-10,12,16-20H2,1H3;2*1H. The lowest BCUT2D eigenvalue weighted by atomic mass is 9.80. The Kier molecular flexibility index (Phi) is 9.31. The smallest absolute Gasteiger partial charge is 0.122 e. The fraction of sp³-hybridized carbons (Fsp3) is 0.429. The van der Waals surface area contributed by atoms with E-state index in [-0.39, 0.29) is 24.8 Å². The lowest BCUT2D eigenvalue weighted by Crippen LogP contribution is -2.46. The maximum atomic E-state index is 5.62. The van der Waals surface area contributed by atoms with Crippen LogP contribution >= 0.6 is 24.8 Å². The van der Waals surface area contributed by atoms with Crippen LogP contribution in [0.3, 0.4) is 0 Å². The number of fused-ring (bicyclic) bond motifs is 2. The summed E-state index contributed by atoms with van der Waals surface area (Å²) in [6.45, 7) is 5.81. The minimum absolute atomic E-state index is 0. The van der Waals surface area contributed by atoms with E-state index >= 15 is 0 Å². The van der Waals surface area contributed by atoms with Gasteiger partial charge in [0.15, 0.2) is 0 Å². The number of rotatable bonds is 6. The third kappa shape index (κ3) is 5.77. The number of anilines is 1. The molecule has 0 saturated carbocycles. The van der Waals surface area contributed by atoms with Crippen LogP contribution < -0.4 is 9.64 Å². The normalized spacial score (nSPS) is 18.2. The summed E-state index contributed by atoms with van der Waals surface area (Å²) in [6.07, 6.45) is 6.38. The average molecular weight is 488 g/mol. The Hall–Kier alpha value is -1.94. The average Bonchev–Trinajstić information content (AvgIpc) is 2.84. The maximum absolute atomic E-state index is 5.62. The molecule has 5 heteroatoms. The van der Waals surface area contributed by atoms with Gasteiger partial charge in [0.05, 0.1) is 7.11 Å².